The first-order chi connectivity index (χ1) is 14.1. The van der Waals surface area contributed by atoms with E-state index in [4.69, 9.17) is 0 Å². The molecule has 1 saturated heterocycles. The van der Waals surface area contributed by atoms with Gasteiger partial charge in [0.2, 0.25) is 17.7 Å². The van der Waals surface area contributed by atoms with Crippen molar-refractivity contribution in [2.75, 3.05) is 27.7 Å². The number of carbonyl (C=O) groups is 3. The summed E-state index contributed by atoms with van der Waals surface area (Å²) < 4.78 is 0. The largest absolute Gasteiger partial charge is 0.347 e. The molecule has 1 aliphatic rings. The fourth-order valence-electron chi connectivity index (χ4n) is 3.87. The highest BCUT2D eigenvalue weighted by molar-refractivity contribution is 5.93. The summed E-state index contributed by atoms with van der Waals surface area (Å²) in [5.41, 5.74) is 0. The number of hydrogen-bond donors (Lipinski definition) is 2. The molecule has 7 nitrogen and oxygen atoms in total. The Bertz CT molecular complexity index is 603. The van der Waals surface area contributed by atoms with Gasteiger partial charge in [0.1, 0.15) is 12.1 Å². The Kier molecular flexibility index (Phi) is 11.1. The molecule has 172 valence electrons. The van der Waals surface area contributed by atoms with Gasteiger partial charge in [-0.3, -0.25) is 14.4 Å². The van der Waals surface area contributed by atoms with Crippen molar-refractivity contribution in [1.82, 2.24) is 20.4 Å². The van der Waals surface area contributed by atoms with E-state index in [1.165, 1.54) is 4.90 Å². The van der Waals surface area contributed by atoms with E-state index in [1.807, 2.05) is 27.0 Å². The van der Waals surface area contributed by atoms with E-state index in [2.05, 4.69) is 30.6 Å². The lowest BCUT2D eigenvalue weighted by Crippen LogP contribution is -2.53. The molecule has 1 aliphatic heterocycles. The molecule has 0 aromatic rings. The van der Waals surface area contributed by atoms with Crippen LogP contribution in [0.25, 0.3) is 0 Å². The number of nitrogens with one attached hydrogen (secondary N) is 2. The number of nitrogens with zero attached hydrogens (tertiary/aromatic N) is 2. The molecule has 0 aliphatic carbocycles. The average Bonchev–Trinajstić information content (AvgIpc) is 3.18. The van der Waals surface area contributed by atoms with E-state index in [-0.39, 0.29) is 29.7 Å². The highest BCUT2D eigenvalue weighted by Gasteiger charge is 2.37. The minimum atomic E-state index is -0.542. The van der Waals surface area contributed by atoms with Crippen molar-refractivity contribution in [2.24, 2.45) is 11.8 Å². The Morgan fingerprint density at radius 3 is 2.37 bits per heavy atom. The minimum Gasteiger partial charge on any atom is -0.347 e. The maximum absolute atomic E-state index is 13.0. The predicted molar refractivity (Wildman–Crippen MR) is 121 cm³/mol. The number of amides is 3. The summed E-state index contributed by atoms with van der Waals surface area (Å²) in [7, 11) is 5.30. The quantitative estimate of drug-likeness (QED) is 0.500. The third-order valence-electron chi connectivity index (χ3n) is 5.59. The summed E-state index contributed by atoms with van der Waals surface area (Å²) in [4.78, 5) is 41.5. The van der Waals surface area contributed by atoms with Crippen LogP contribution in [0, 0.1) is 11.8 Å². The number of likely N-dealkylation sites (tertiary alicyclic amines) is 1. The Morgan fingerprint density at radius 2 is 1.83 bits per heavy atom. The number of likely N-dealkylation sites (N-methyl/N-ethyl adjacent to an activating group) is 2. The minimum absolute atomic E-state index is 0.0331. The third kappa shape index (κ3) is 7.74. The van der Waals surface area contributed by atoms with E-state index in [0.29, 0.717) is 25.3 Å². The third-order valence-corrected chi connectivity index (χ3v) is 5.59. The monoisotopic (exact) mass is 422 g/mol. The molecular weight excluding hydrogens is 380 g/mol. The van der Waals surface area contributed by atoms with Crippen LogP contribution in [-0.2, 0) is 14.4 Å². The van der Waals surface area contributed by atoms with E-state index < -0.39 is 12.1 Å². The van der Waals surface area contributed by atoms with Gasteiger partial charge in [-0.25, -0.2) is 0 Å². The van der Waals surface area contributed by atoms with Crippen molar-refractivity contribution >= 4 is 17.7 Å². The summed E-state index contributed by atoms with van der Waals surface area (Å²) in [5, 5.41) is 6.16. The van der Waals surface area contributed by atoms with Gasteiger partial charge in [0.15, 0.2) is 0 Å². The second kappa shape index (κ2) is 12.7. The van der Waals surface area contributed by atoms with E-state index in [9.17, 15) is 14.4 Å². The van der Waals surface area contributed by atoms with Crippen molar-refractivity contribution in [3.8, 4) is 0 Å². The van der Waals surface area contributed by atoms with Crippen LogP contribution in [0.3, 0.4) is 0 Å². The molecule has 1 rings (SSSR count). The fourth-order valence-corrected chi connectivity index (χ4v) is 3.87. The van der Waals surface area contributed by atoms with Crippen LogP contribution in [0.15, 0.2) is 12.2 Å². The highest BCUT2D eigenvalue weighted by atomic mass is 16.2. The van der Waals surface area contributed by atoms with Crippen molar-refractivity contribution in [2.45, 2.75) is 77.9 Å². The lowest BCUT2D eigenvalue weighted by Gasteiger charge is -2.28. The highest BCUT2D eigenvalue weighted by Crippen LogP contribution is 2.21. The first-order valence-electron chi connectivity index (χ1n) is 11.3. The van der Waals surface area contributed by atoms with Crippen LogP contribution in [0.2, 0.25) is 0 Å². The average molecular weight is 423 g/mol. The van der Waals surface area contributed by atoms with Gasteiger partial charge in [-0.2, -0.15) is 0 Å². The molecule has 4 atom stereocenters. The Labute approximate surface area is 182 Å². The maximum Gasteiger partial charge on any atom is 0.244 e. The van der Waals surface area contributed by atoms with Crippen molar-refractivity contribution in [1.29, 1.82) is 0 Å². The Balaban J connectivity index is 2.80. The van der Waals surface area contributed by atoms with Crippen LogP contribution in [-0.4, -0.2) is 73.3 Å². The molecule has 0 radical (unpaired) electrons. The number of hydrogen-bond acceptors (Lipinski definition) is 4. The normalized spacial score (nSPS) is 19.7. The SMILES string of the molecule is CCC[C@@H](NC(=O)C1CCCN1C(=O)[C@@H](C)/C=C/[C@H](CC(C)C)NC)C(=O)N(C)C. The molecule has 0 bridgehead atoms. The molecule has 2 N–H and O–H groups in total. The molecule has 1 heterocycles. The zero-order valence-electron chi connectivity index (χ0n) is 19.9. The van der Waals surface area contributed by atoms with Gasteiger partial charge in [0, 0.05) is 26.7 Å². The van der Waals surface area contributed by atoms with E-state index in [0.717, 1.165) is 19.3 Å². The molecule has 0 aromatic heterocycles. The van der Waals surface area contributed by atoms with Crippen LogP contribution < -0.4 is 10.6 Å². The molecule has 0 saturated carbocycles. The predicted octanol–water partition coefficient (Wildman–Crippen LogP) is 2.18. The first kappa shape index (κ1) is 26.1. The van der Waals surface area contributed by atoms with Gasteiger partial charge in [0.25, 0.3) is 0 Å². The van der Waals surface area contributed by atoms with Gasteiger partial charge in [-0.05, 0) is 38.6 Å². The topological polar surface area (TPSA) is 81.8 Å². The molecule has 0 spiro atoms. The van der Waals surface area contributed by atoms with Gasteiger partial charge >= 0.3 is 0 Å². The maximum atomic E-state index is 13.0. The summed E-state index contributed by atoms with van der Waals surface area (Å²) in [6, 6.07) is -0.817. The molecule has 1 unspecified atom stereocenters. The van der Waals surface area contributed by atoms with Crippen molar-refractivity contribution < 1.29 is 14.4 Å². The first-order valence-corrected chi connectivity index (χ1v) is 11.3. The van der Waals surface area contributed by atoms with Gasteiger partial charge in [-0.1, -0.05) is 46.3 Å². The van der Waals surface area contributed by atoms with E-state index in [1.54, 1.807) is 19.0 Å². The van der Waals surface area contributed by atoms with Crippen molar-refractivity contribution in [3.63, 3.8) is 0 Å². The molecule has 1 fully saturated rings. The van der Waals surface area contributed by atoms with Crippen molar-refractivity contribution in [3.05, 3.63) is 12.2 Å². The molecular formula is C23H42N4O3. The zero-order valence-corrected chi connectivity index (χ0v) is 19.9. The number of carbonyl (C=O) groups excluding carboxylic acids is 3. The molecule has 30 heavy (non-hydrogen) atoms. The molecule has 3 amide bonds. The van der Waals surface area contributed by atoms with E-state index >= 15 is 0 Å². The standard InChI is InChI=1S/C23H42N4O3/c1-8-10-19(23(30)26(6)7)25-21(28)20-11-9-14-27(20)22(29)17(4)12-13-18(24-5)15-16(2)3/h12-13,16-20,24H,8-11,14-15H2,1-7H3,(H,25,28)/b13-12+/t17-,18+,19+,20?/m0/s1. The van der Waals surface area contributed by atoms with Crippen LogP contribution in [0.1, 0.15) is 59.8 Å². The van der Waals surface area contributed by atoms with Crippen LogP contribution >= 0.6 is 0 Å². The lowest BCUT2D eigenvalue weighted by molar-refractivity contribution is -0.141. The van der Waals surface area contributed by atoms with Gasteiger partial charge in [-0.15, -0.1) is 0 Å². The molecule has 0 aromatic carbocycles. The lowest BCUT2D eigenvalue weighted by atomic mass is 10.0. The summed E-state index contributed by atoms with van der Waals surface area (Å²) in [6.07, 6.45) is 7.81. The Hall–Kier alpha value is -1.89. The zero-order chi connectivity index (χ0) is 22.8. The number of rotatable bonds is 11. The second-order valence-corrected chi connectivity index (χ2v) is 8.97. The van der Waals surface area contributed by atoms with Crippen LogP contribution in [0.4, 0.5) is 0 Å². The summed E-state index contributed by atoms with van der Waals surface area (Å²) >= 11 is 0. The van der Waals surface area contributed by atoms with Gasteiger partial charge in [0.05, 0.1) is 5.92 Å². The second-order valence-electron chi connectivity index (χ2n) is 8.97. The molecule has 7 heteroatoms. The Morgan fingerprint density at radius 1 is 1.17 bits per heavy atom. The fraction of sp³-hybridized carbons (Fsp3) is 0.783. The van der Waals surface area contributed by atoms with Gasteiger partial charge < -0.3 is 20.4 Å². The smallest absolute Gasteiger partial charge is 0.244 e. The summed E-state index contributed by atoms with van der Waals surface area (Å²) in [6.45, 7) is 8.79. The van der Waals surface area contributed by atoms with Crippen LogP contribution in [0.5, 0.6) is 0 Å². The summed E-state index contributed by atoms with van der Waals surface area (Å²) in [5.74, 6) is -0.101.